The molecule has 1 aliphatic heterocycles. The Labute approximate surface area is 248 Å². The number of hydrogen-bond acceptors (Lipinski definition) is 3. The summed E-state index contributed by atoms with van der Waals surface area (Å²) >= 11 is 0. The van der Waals surface area contributed by atoms with E-state index in [4.69, 9.17) is 0 Å². The molecule has 0 aromatic heterocycles. The van der Waals surface area contributed by atoms with E-state index in [9.17, 15) is 0 Å². The van der Waals surface area contributed by atoms with Crippen LogP contribution in [0.1, 0.15) is 114 Å². The molecule has 1 saturated carbocycles. The Bertz CT molecular complexity index is 583. The number of hydrogen-bond donors (Lipinski definition) is 1. The van der Waals surface area contributed by atoms with Gasteiger partial charge >= 0.3 is 0 Å². The summed E-state index contributed by atoms with van der Waals surface area (Å²) in [4.78, 5) is 5.70. The lowest BCUT2D eigenvalue weighted by molar-refractivity contribution is 0.193. The molecule has 0 radical (unpaired) electrons. The molecule has 1 heterocycles. The zero-order valence-corrected chi connectivity index (χ0v) is 28.4. The van der Waals surface area contributed by atoms with Crippen molar-refractivity contribution in [3.63, 3.8) is 0 Å². The maximum atomic E-state index is 3.88. The Kier molecular flexibility index (Phi) is 43.0. The molecule has 230 valence electrons. The largest absolute Gasteiger partial charge is 0.389 e. The molecule has 1 unspecified atom stereocenters. The highest BCUT2D eigenvalue weighted by Crippen LogP contribution is 2.58. The summed E-state index contributed by atoms with van der Waals surface area (Å²) < 4.78 is 0. The molecule has 1 aliphatic carbocycles. The molecule has 2 aliphatic rings. The molecule has 1 saturated heterocycles. The first kappa shape index (κ1) is 46.7. The Morgan fingerprint density at radius 2 is 1.33 bits per heavy atom. The average Bonchev–Trinajstić information content (AvgIpc) is 3.64. The standard InChI is InChI=1S/C12H22N2.C7H14.C6H12.C4H6.C3H5N.2C2H6/c1-10(2)13-9-11-8-12(11)4-6-14(3)7-5-12;1-4-6-7(3)5-2;1-4-5-6(2)3;2*1-3-4-2;2*1-2/h11,13H,1,4-9H2,2-3H3;3-6H2,1-2H3;2,4-5H2,1,3H3;3-4H,1-2H2;3H,1-2H2;2*1-2H3. The van der Waals surface area contributed by atoms with E-state index in [1.54, 1.807) is 12.2 Å². The minimum atomic E-state index is 0.717. The van der Waals surface area contributed by atoms with Gasteiger partial charge in [0, 0.05) is 18.4 Å². The first-order chi connectivity index (χ1) is 18.5. The first-order valence-electron chi connectivity index (χ1n) is 15.2. The van der Waals surface area contributed by atoms with Gasteiger partial charge in [-0.1, -0.05) is 118 Å². The number of rotatable bonds is 10. The van der Waals surface area contributed by atoms with Crippen molar-refractivity contribution < 1.29 is 0 Å². The van der Waals surface area contributed by atoms with Gasteiger partial charge in [0.2, 0.25) is 0 Å². The molecule has 1 spiro atoms. The smallest absolute Gasteiger partial charge is 0.0188 e. The van der Waals surface area contributed by atoms with Crippen LogP contribution in [0.3, 0.4) is 0 Å². The first-order valence-corrected chi connectivity index (χ1v) is 15.2. The highest BCUT2D eigenvalue weighted by Gasteiger charge is 2.53. The van der Waals surface area contributed by atoms with E-state index in [1.807, 2.05) is 34.6 Å². The molecular formula is C36H71N3. The van der Waals surface area contributed by atoms with Crippen molar-refractivity contribution in [3.05, 3.63) is 74.7 Å². The fraction of sp³-hybridized carbons (Fsp3) is 0.639. The third-order valence-corrected chi connectivity index (χ3v) is 6.07. The summed E-state index contributed by atoms with van der Waals surface area (Å²) in [5, 5.41) is 3.38. The minimum Gasteiger partial charge on any atom is -0.389 e. The van der Waals surface area contributed by atoms with Gasteiger partial charge in [0.05, 0.1) is 0 Å². The van der Waals surface area contributed by atoms with Crippen LogP contribution < -0.4 is 5.32 Å². The molecule has 3 nitrogen and oxygen atoms in total. The maximum absolute atomic E-state index is 3.88. The lowest BCUT2D eigenvalue weighted by atomic mass is 9.91. The summed E-state index contributed by atoms with van der Waals surface area (Å²) in [6.45, 7) is 46.9. The lowest BCUT2D eigenvalue weighted by Gasteiger charge is -2.30. The number of likely N-dealkylation sites (tertiary alicyclic amines) is 1. The second-order valence-electron chi connectivity index (χ2n) is 9.63. The van der Waals surface area contributed by atoms with Crippen LogP contribution in [-0.2, 0) is 0 Å². The second-order valence-corrected chi connectivity index (χ2v) is 9.63. The van der Waals surface area contributed by atoms with Crippen molar-refractivity contribution in [2.45, 2.75) is 114 Å². The zero-order valence-electron chi connectivity index (χ0n) is 28.4. The molecule has 0 bridgehead atoms. The van der Waals surface area contributed by atoms with Crippen molar-refractivity contribution in [1.82, 2.24) is 10.2 Å². The van der Waals surface area contributed by atoms with E-state index in [1.165, 1.54) is 75.4 Å². The van der Waals surface area contributed by atoms with Gasteiger partial charge in [0.25, 0.3) is 0 Å². The van der Waals surface area contributed by atoms with Gasteiger partial charge in [0.1, 0.15) is 0 Å². The van der Waals surface area contributed by atoms with Crippen LogP contribution in [0, 0.1) is 11.3 Å². The van der Waals surface area contributed by atoms with Crippen molar-refractivity contribution in [3.8, 4) is 0 Å². The zero-order chi connectivity index (χ0) is 31.7. The lowest BCUT2D eigenvalue weighted by Crippen LogP contribution is -2.33. The van der Waals surface area contributed by atoms with E-state index in [0.717, 1.165) is 30.0 Å². The Hall–Kier alpha value is -2.13. The molecule has 1 atom stereocenters. The maximum Gasteiger partial charge on any atom is 0.0188 e. The van der Waals surface area contributed by atoms with Crippen molar-refractivity contribution in [2.75, 3.05) is 26.7 Å². The van der Waals surface area contributed by atoms with Crippen LogP contribution in [-0.4, -0.2) is 38.3 Å². The van der Waals surface area contributed by atoms with Gasteiger partial charge in [-0.2, -0.15) is 0 Å². The molecule has 0 aromatic rings. The topological polar surface area (TPSA) is 27.6 Å². The summed E-state index contributed by atoms with van der Waals surface area (Å²) in [5.41, 5.74) is 4.49. The molecule has 3 heteroatoms. The average molecular weight is 546 g/mol. The predicted molar refractivity (Wildman–Crippen MR) is 187 cm³/mol. The molecule has 2 fully saturated rings. The fourth-order valence-electron chi connectivity index (χ4n) is 3.65. The summed E-state index contributed by atoms with van der Waals surface area (Å²) in [7, 11) is 2.23. The highest BCUT2D eigenvalue weighted by molar-refractivity contribution is 5.24. The van der Waals surface area contributed by atoms with Crippen molar-refractivity contribution >= 4 is 6.72 Å². The van der Waals surface area contributed by atoms with E-state index in [0.29, 0.717) is 0 Å². The minimum absolute atomic E-state index is 0.717. The van der Waals surface area contributed by atoms with Gasteiger partial charge in [-0.05, 0) is 90.6 Å². The SMILES string of the molecule is C=C(C)CCC.C=C(C)NCC1CC12CCN(C)CC2.C=C(CC)CCC.C=CC=C.C=CN=C.CC.CC. The number of aliphatic imine (C=N–C) groups is 1. The van der Waals surface area contributed by atoms with Gasteiger partial charge in [-0.15, -0.1) is 6.58 Å². The van der Waals surface area contributed by atoms with Crippen LogP contribution in [0.15, 0.2) is 79.7 Å². The van der Waals surface area contributed by atoms with E-state index in [-0.39, 0.29) is 0 Å². The fourth-order valence-corrected chi connectivity index (χ4v) is 3.65. The quantitative estimate of drug-likeness (QED) is 0.168. The normalized spacial score (nSPS) is 15.1. The van der Waals surface area contributed by atoms with Gasteiger partial charge < -0.3 is 10.2 Å². The third kappa shape index (κ3) is 35.9. The Morgan fingerprint density at radius 1 is 0.897 bits per heavy atom. The second kappa shape index (κ2) is 35.9. The van der Waals surface area contributed by atoms with Crippen LogP contribution in [0.4, 0.5) is 0 Å². The van der Waals surface area contributed by atoms with E-state index >= 15 is 0 Å². The monoisotopic (exact) mass is 546 g/mol. The summed E-state index contributed by atoms with van der Waals surface area (Å²) in [6, 6.07) is 0. The third-order valence-electron chi connectivity index (χ3n) is 6.07. The van der Waals surface area contributed by atoms with Crippen LogP contribution in [0.25, 0.3) is 0 Å². The Balaban J connectivity index is -0.000000132. The van der Waals surface area contributed by atoms with Gasteiger partial charge in [-0.25, -0.2) is 0 Å². The van der Waals surface area contributed by atoms with Crippen molar-refractivity contribution in [1.29, 1.82) is 0 Å². The van der Waals surface area contributed by atoms with Crippen LogP contribution in [0.2, 0.25) is 0 Å². The highest BCUT2D eigenvalue weighted by atomic mass is 15.1. The van der Waals surface area contributed by atoms with Gasteiger partial charge in [0.15, 0.2) is 0 Å². The number of piperidine rings is 1. The summed E-state index contributed by atoms with van der Waals surface area (Å²) in [5.74, 6) is 0.924. The molecule has 39 heavy (non-hydrogen) atoms. The molecule has 0 aromatic carbocycles. The van der Waals surface area contributed by atoms with Crippen LogP contribution >= 0.6 is 0 Å². The van der Waals surface area contributed by atoms with Gasteiger partial charge in [-0.3, -0.25) is 4.99 Å². The predicted octanol–water partition coefficient (Wildman–Crippen LogP) is 11.2. The van der Waals surface area contributed by atoms with Crippen LogP contribution in [0.5, 0.6) is 0 Å². The molecule has 1 N–H and O–H groups in total. The number of nitrogens with zero attached hydrogens (tertiary/aromatic N) is 2. The Morgan fingerprint density at radius 3 is 1.56 bits per heavy atom. The molecule has 0 amide bonds. The van der Waals surface area contributed by atoms with E-state index < -0.39 is 0 Å². The number of nitrogens with one attached hydrogen (secondary N) is 1. The van der Waals surface area contributed by atoms with E-state index in [2.05, 4.69) is 96.1 Å². The summed E-state index contributed by atoms with van der Waals surface area (Å²) in [6.07, 6.45) is 14.9. The molecular weight excluding hydrogens is 474 g/mol. The number of allylic oxidation sites excluding steroid dienone is 5. The van der Waals surface area contributed by atoms with Crippen molar-refractivity contribution in [2.24, 2.45) is 16.3 Å². The molecule has 2 rings (SSSR count).